The molecule has 0 heterocycles. The summed E-state index contributed by atoms with van der Waals surface area (Å²) in [5.74, 6) is 1.85. The Morgan fingerprint density at radius 3 is 2.53 bits per heavy atom. The number of benzene rings is 1. The molecule has 0 aromatic heterocycles. The van der Waals surface area contributed by atoms with Gasteiger partial charge in [0.15, 0.2) is 11.5 Å². The van der Waals surface area contributed by atoms with Crippen LogP contribution in [0.3, 0.4) is 0 Å². The predicted octanol–water partition coefficient (Wildman–Crippen LogP) is 3.36. The van der Waals surface area contributed by atoms with Crippen molar-refractivity contribution in [1.29, 1.82) is 0 Å². The van der Waals surface area contributed by atoms with Crippen molar-refractivity contribution in [1.82, 2.24) is 0 Å². The average Bonchev–Trinajstić information content (AvgIpc) is 2.25. The van der Waals surface area contributed by atoms with Crippen LogP contribution in [0.1, 0.15) is 18.9 Å². The zero-order chi connectivity index (χ0) is 12.9. The van der Waals surface area contributed by atoms with Gasteiger partial charge in [-0.05, 0) is 18.6 Å². The topological polar surface area (TPSA) is 18.5 Å². The van der Waals surface area contributed by atoms with Crippen molar-refractivity contribution >= 4 is 0 Å². The molecule has 0 aliphatic heterocycles. The first-order valence-corrected chi connectivity index (χ1v) is 4.95. The van der Waals surface area contributed by atoms with Gasteiger partial charge in [-0.3, -0.25) is 0 Å². The fourth-order valence-electron chi connectivity index (χ4n) is 1.13. The number of rotatable bonds is 4. The molecule has 5 heteroatoms. The molecule has 0 radical (unpaired) electrons. The normalized spacial score (nSPS) is 10.8. The number of alkyl halides is 3. The van der Waals surface area contributed by atoms with Crippen LogP contribution in [-0.4, -0.2) is 13.0 Å². The third kappa shape index (κ3) is 4.27. The lowest BCUT2D eigenvalue weighted by molar-refractivity contribution is -0.275. The molecule has 0 aliphatic carbocycles. The molecule has 1 aromatic rings. The molecule has 0 N–H and O–H groups in total. The maximum atomic E-state index is 12.1. The van der Waals surface area contributed by atoms with Crippen molar-refractivity contribution in [2.24, 2.45) is 0 Å². The van der Waals surface area contributed by atoms with E-state index < -0.39 is 12.1 Å². The lowest BCUT2D eigenvalue weighted by Gasteiger charge is -2.14. The zero-order valence-corrected chi connectivity index (χ0v) is 9.17. The largest absolute Gasteiger partial charge is 0.573 e. The number of ether oxygens (including phenoxy) is 2. The van der Waals surface area contributed by atoms with Crippen molar-refractivity contribution in [2.75, 3.05) is 6.61 Å². The highest BCUT2D eigenvalue weighted by Crippen LogP contribution is 2.33. The highest BCUT2D eigenvalue weighted by Gasteiger charge is 2.32. The smallest absolute Gasteiger partial charge is 0.490 e. The molecular weight excluding hydrogens is 233 g/mol. The molecule has 2 nitrogen and oxygen atoms in total. The predicted molar refractivity (Wildman–Crippen MR) is 56.8 cm³/mol. The van der Waals surface area contributed by atoms with Crippen LogP contribution >= 0.6 is 0 Å². The van der Waals surface area contributed by atoms with Gasteiger partial charge in [-0.25, -0.2) is 0 Å². The van der Waals surface area contributed by atoms with E-state index in [1.807, 2.05) is 6.92 Å². The van der Waals surface area contributed by atoms with Crippen molar-refractivity contribution < 1.29 is 22.6 Å². The van der Waals surface area contributed by atoms with Gasteiger partial charge in [0.2, 0.25) is 0 Å². The van der Waals surface area contributed by atoms with E-state index in [0.29, 0.717) is 18.6 Å². The lowest BCUT2D eigenvalue weighted by Crippen LogP contribution is -2.18. The SMILES string of the molecule is C#Cc1ccc(OCCC)c(OC(F)(F)F)c1. The van der Waals surface area contributed by atoms with Crippen LogP contribution in [0.15, 0.2) is 18.2 Å². The summed E-state index contributed by atoms with van der Waals surface area (Å²) in [6, 6.07) is 3.98. The third-order valence-corrected chi connectivity index (χ3v) is 1.80. The molecule has 0 unspecified atom stereocenters. The van der Waals surface area contributed by atoms with E-state index in [9.17, 15) is 13.2 Å². The van der Waals surface area contributed by atoms with Crippen LogP contribution in [-0.2, 0) is 0 Å². The summed E-state index contributed by atoms with van der Waals surface area (Å²) < 4.78 is 45.4. The minimum atomic E-state index is -4.77. The molecule has 17 heavy (non-hydrogen) atoms. The second-order valence-electron chi connectivity index (χ2n) is 3.20. The minimum absolute atomic E-state index is 0.0307. The van der Waals surface area contributed by atoms with E-state index in [1.165, 1.54) is 12.1 Å². The second-order valence-corrected chi connectivity index (χ2v) is 3.20. The molecule has 1 aromatic carbocycles. The maximum absolute atomic E-state index is 12.1. The van der Waals surface area contributed by atoms with Gasteiger partial charge in [-0.2, -0.15) is 0 Å². The average molecular weight is 244 g/mol. The fraction of sp³-hybridized carbons (Fsp3) is 0.333. The fourth-order valence-corrected chi connectivity index (χ4v) is 1.13. The van der Waals surface area contributed by atoms with Gasteiger partial charge >= 0.3 is 6.36 Å². The molecule has 0 atom stereocenters. The maximum Gasteiger partial charge on any atom is 0.573 e. The van der Waals surface area contributed by atoms with E-state index in [0.717, 1.165) is 6.07 Å². The standard InChI is InChI=1S/C12H11F3O2/c1-3-7-16-10-6-5-9(4-2)8-11(10)17-12(13,14)15/h2,5-6,8H,3,7H2,1H3. The van der Waals surface area contributed by atoms with Crippen LogP contribution in [0.2, 0.25) is 0 Å². The lowest BCUT2D eigenvalue weighted by atomic mass is 10.2. The number of hydrogen-bond acceptors (Lipinski definition) is 2. The molecular formula is C12H11F3O2. The Hall–Kier alpha value is -1.83. The van der Waals surface area contributed by atoms with Crippen molar-refractivity contribution in [3.8, 4) is 23.8 Å². The zero-order valence-electron chi connectivity index (χ0n) is 9.17. The third-order valence-electron chi connectivity index (χ3n) is 1.80. The van der Waals surface area contributed by atoms with Crippen molar-refractivity contribution in [3.63, 3.8) is 0 Å². The number of halogens is 3. The Bertz CT molecular complexity index is 419. The van der Waals surface area contributed by atoms with E-state index in [-0.39, 0.29) is 5.75 Å². The Labute approximate surface area is 97.3 Å². The molecule has 0 saturated carbocycles. The van der Waals surface area contributed by atoms with Crippen LogP contribution < -0.4 is 9.47 Å². The highest BCUT2D eigenvalue weighted by atomic mass is 19.4. The summed E-state index contributed by atoms with van der Waals surface area (Å²) in [4.78, 5) is 0. The second kappa shape index (κ2) is 5.48. The summed E-state index contributed by atoms with van der Waals surface area (Å²) in [6.07, 6.45) is 1.02. The Balaban J connectivity index is 2.99. The molecule has 0 bridgehead atoms. The molecule has 0 saturated heterocycles. The van der Waals surface area contributed by atoms with E-state index in [4.69, 9.17) is 11.2 Å². The van der Waals surface area contributed by atoms with Gasteiger partial charge in [0, 0.05) is 11.6 Å². The summed E-state index contributed by atoms with van der Waals surface area (Å²) >= 11 is 0. The monoisotopic (exact) mass is 244 g/mol. The van der Waals surface area contributed by atoms with Crippen LogP contribution in [0, 0.1) is 12.3 Å². The van der Waals surface area contributed by atoms with E-state index in [1.54, 1.807) is 0 Å². The molecule has 0 fully saturated rings. The summed E-state index contributed by atoms with van der Waals surface area (Å²) in [5, 5.41) is 0. The van der Waals surface area contributed by atoms with Gasteiger partial charge in [0.25, 0.3) is 0 Å². The van der Waals surface area contributed by atoms with Gasteiger partial charge in [0.05, 0.1) is 6.61 Å². The number of terminal acetylenes is 1. The summed E-state index contributed by atoms with van der Waals surface area (Å²) in [7, 11) is 0. The molecule has 1 rings (SSSR count). The van der Waals surface area contributed by atoms with Gasteiger partial charge < -0.3 is 9.47 Å². The minimum Gasteiger partial charge on any atom is -0.490 e. The quantitative estimate of drug-likeness (QED) is 0.756. The molecule has 92 valence electrons. The van der Waals surface area contributed by atoms with Gasteiger partial charge in [-0.15, -0.1) is 19.6 Å². The molecule has 0 amide bonds. The van der Waals surface area contributed by atoms with E-state index >= 15 is 0 Å². The number of hydrogen-bond donors (Lipinski definition) is 0. The van der Waals surface area contributed by atoms with Crippen molar-refractivity contribution in [3.05, 3.63) is 23.8 Å². The van der Waals surface area contributed by atoms with E-state index in [2.05, 4.69) is 10.7 Å². The van der Waals surface area contributed by atoms with Crippen LogP contribution in [0.5, 0.6) is 11.5 Å². The first-order valence-electron chi connectivity index (χ1n) is 4.95. The van der Waals surface area contributed by atoms with Crippen LogP contribution in [0.4, 0.5) is 13.2 Å². The first kappa shape index (κ1) is 13.2. The highest BCUT2D eigenvalue weighted by molar-refractivity contribution is 5.47. The molecule has 0 spiro atoms. The van der Waals surface area contributed by atoms with Gasteiger partial charge in [-0.1, -0.05) is 12.8 Å². The molecule has 0 aliphatic rings. The Kier molecular flexibility index (Phi) is 4.27. The Morgan fingerprint density at radius 2 is 2.00 bits per heavy atom. The summed E-state index contributed by atoms with van der Waals surface area (Å²) in [6.45, 7) is 2.16. The summed E-state index contributed by atoms with van der Waals surface area (Å²) in [5.41, 5.74) is 0.299. The Morgan fingerprint density at radius 1 is 1.29 bits per heavy atom. The van der Waals surface area contributed by atoms with Crippen molar-refractivity contribution in [2.45, 2.75) is 19.7 Å². The first-order chi connectivity index (χ1) is 7.96. The van der Waals surface area contributed by atoms with Gasteiger partial charge in [0.1, 0.15) is 0 Å². The van der Waals surface area contributed by atoms with Crippen LogP contribution in [0.25, 0.3) is 0 Å².